The number of carbonyl (C=O) groups is 1. The topological polar surface area (TPSA) is 84.7 Å². The summed E-state index contributed by atoms with van der Waals surface area (Å²) in [6, 6.07) is 4.78. The van der Waals surface area contributed by atoms with Crippen molar-refractivity contribution in [2.45, 2.75) is 25.0 Å². The summed E-state index contributed by atoms with van der Waals surface area (Å²) in [4.78, 5) is 21.4. The van der Waals surface area contributed by atoms with Gasteiger partial charge in [0.1, 0.15) is 5.82 Å². The number of thioether (sulfide) groups is 1. The van der Waals surface area contributed by atoms with Gasteiger partial charge >= 0.3 is 0 Å². The summed E-state index contributed by atoms with van der Waals surface area (Å²) in [6.45, 7) is 3.77. The Bertz CT molecular complexity index is 994. The molecular formula is C18H20Cl2N6OS. The van der Waals surface area contributed by atoms with E-state index in [9.17, 15) is 4.79 Å². The molecule has 2 heterocycles. The van der Waals surface area contributed by atoms with Crippen LogP contribution in [0.2, 0.25) is 10.0 Å². The molecule has 0 unspecified atom stereocenters. The smallest absolute Gasteiger partial charge is 0.252 e. The summed E-state index contributed by atoms with van der Waals surface area (Å²) in [5, 5.41) is 12.9. The van der Waals surface area contributed by atoms with Crippen molar-refractivity contribution in [1.29, 1.82) is 0 Å². The van der Waals surface area contributed by atoms with Crippen LogP contribution in [0.15, 0.2) is 29.6 Å². The van der Waals surface area contributed by atoms with Gasteiger partial charge in [-0.3, -0.25) is 4.79 Å². The minimum atomic E-state index is -0.261. The van der Waals surface area contributed by atoms with Crippen LogP contribution in [0.3, 0.4) is 0 Å². The Morgan fingerprint density at radius 2 is 2.07 bits per heavy atom. The van der Waals surface area contributed by atoms with Gasteiger partial charge in [0.25, 0.3) is 5.91 Å². The van der Waals surface area contributed by atoms with Gasteiger partial charge in [-0.05, 0) is 30.9 Å². The minimum Gasteiger partial charge on any atom is -0.369 e. The lowest BCUT2D eigenvalue weighted by Gasteiger charge is -2.09. The van der Waals surface area contributed by atoms with Crippen LogP contribution in [0.25, 0.3) is 11.0 Å². The van der Waals surface area contributed by atoms with Gasteiger partial charge in [-0.2, -0.15) is 5.10 Å². The lowest BCUT2D eigenvalue weighted by atomic mass is 10.2. The second-order valence-electron chi connectivity index (χ2n) is 5.97. The van der Waals surface area contributed by atoms with Gasteiger partial charge in [0.15, 0.2) is 10.8 Å². The molecule has 0 atom stereocenters. The fourth-order valence-corrected chi connectivity index (χ4v) is 3.47. The highest BCUT2D eigenvalue weighted by molar-refractivity contribution is 7.98. The molecule has 1 amide bonds. The fraction of sp³-hybridized carbons (Fsp3) is 0.333. The van der Waals surface area contributed by atoms with E-state index in [0.717, 1.165) is 29.8 Å². The quantitative estimate of drug-likeness (QED) is 0.406. The largest absolute Gasteiger partial charge is 0.369 e. The van der Waals surface area contributed by atoms with Crippen molar-refractivity contribution in [3.63, 3.8) is 0 Å². The molecule has 10 heteroatoms. The van der Waals surface area contributed by atoms with E-state index >= 15 is 0 Å². The van der Waals surface area contributed by atoms with Crippen LogP contribution in [0.1, 0.15) is 23.7 Å². The lowest BCUT2D eigenvalue weighted by Crippen LogP contribution is -2.27. The number of nitrogens with zero attached hydrogens (tertiary/aromatic N) is 4. The first-order chi connectivity index (χ1) is 13.5. The average Bonchev–Trinajstić information content (AvgIpc) is 3.09. The Hall–Kier alpha value is -2.03. The monoisotopic (exact) mass is 438 g/mol. The Morgan fingerprint density at radius 3 is 2.79 bits per heavy atom. The van der Waals surface area contributed by atoms with Crippen LogP contribution in [0.4, 0.5) is 5.82 Å². The number of hydrogen-bond acceptors (Lipinski definition) is 6. The number of benzene rings is 1. The van der Waals surface area contributed by atoms with Crippen molar-refractivity contribution in [2.75, 3.05) is 24.7 Å². The molecule has 2 N–H and O–H groups in total. The SMILES string of the molecule is CCCNc1nc(SC)nc2c1cnn2CCNC(=O)c1ccc(Cl)cc1Cl. The van der Waals surface area contributed by atoms with Crippen molar-refractivity contribution in [1.82, 2.24) is 25.1 Å². The number of hydrogen-bond donors (Lipinski definition) is 2. The van der Waals surface area contributed by atoms with Gasteiger partial charge < -0.3 is 10.6 Å². The molecule has 148 valence electrons. The second-order valence-corrected chi connectivity index (χ2v) is 7.59. The predicted molar refractivity (Wildman–Crippen MR) is 115 cm³/mol. The first-order valence-electron chi connectivity index (χ1n) is 8.78. The number of aromatic nitrogens is 4. The molecular weight excluding hydrogens is 419 g/mol. The zero-order valence-corrected chi connectivity index (χ0v) is 17.8. The maximum atomic E-state index is 12.3. The van der Waals surface area contributed by atoms with Crippen LogP contribution in [0.5, 0.6) is 0 Å². The summed E-state index contributed by atoms with van der Waals surface area (Å²) in [7, 11) is 0. The zero-order chi connectivity index (χ0) is 20.1. The molecule has 1 aromatic carbocycles. The van der Waals surface area contributed by atoms with E-state index in [4.69, 9.17) is 23.2 Å². The third kappa shape index (κ3) is 4.68. The number of anilines is 1. The Kier molecular flexibility index (Phi) is 6.98. The van der Waals surface area contributed by atoms with Gasteiger partial charge in [-0.15, -0.1) is 0 Å². The average molecular weight is 439 g/mol. The molecule has 0 fully saturated rings. The number of amides is 1. The molecule has 0 spiro atoms. The molecule has 0 aliphatic rings. The Morgan fingerprint density at radius 1 is 1.25 bits per heavy atom. The number of rotatable bonds is 8. The van der Waals surface area contributed by atoms with Crippen molar-refractivity contribution in [2.24, 2.45) is 0 Å². The summed E-state index contributed by atoms with van der Waals surface area (Å²) < 4.78 is 1.76. The summed E-state index contributed by atoms with van der Waals surface area (Å²) in [5.41, 5.74) is 1.12. The molecule has 0 saturated carbocycles. The van der Waals surface area contributed by atoms with Crippen LogP contribution in [0, 0.1) is 0 Å². The summed E-state index contributed by atoms with van der Waals surface area (Å²) in [5.74, 6) is 0.516. The maximum absolute atomic E-state index is 12.3. The summed E-state index contributed by atoms with van der Waals surface area (Å²) in [6.07, 6.45) is 4.67. The molecule has 0 aliphatic heterocycles. The highest BCUT2D eigenvalue weighted by Crippen LogP contribution is 2.23. The van der Waals surface area contributed by atoms with Gasteiger partial charge in [0, 0.05) is 18.1 Å². The summed E-state index contributed by atoms with van der Waals surface area (Å²) >= 11 is 13.4. The van der Waals surface area contributed by atoms with Crippen molar-refractivity contribution in [3.8, 4) is 0 Å². The highest BCUT2D eigenvalue weighted by atomic mass is 35.5. The van der Waals surface area contributed by atoms with Gasteiger partial charge in [0.2, 0.25) is 0 Å². The van der Waals surface area contributed by atoms with Crippen molar-refractivity contribution in [3.05, 3.63) is 40.0 Å². The molecule has 0 aliphatic carbocycles. The van der Waals surface area contributed by atoms with Crippen molar-refractivity contribution >= 4 is 57.7 Å². The predicted octanol–water partition coefficient (Wildman–Crippen LogP) is 4.11. The number of halogens is 2. The Balaban J connectivity index is 1.73. The Labute approximate surface area is 177 Å². The maximum Gasteiger partial charge on any atom is 0.252 e. The first kappa shape index (κ1) is 20.7. The molecule has 2 aromatic heterocycles. The zero-order valence-electron chi connectivity index (χ0n) is 15.5. The molecule has 28 heavy (non-hydrogen) atoms. The van der Waals surface area contributed by atoms with E-state index in [1.165, 1.54) is 11.8 Å². The molecule has 3 rings (SSSR count). The third-order valence-corrected chi connectivity index (χ3v) is 5.08. The normalized spacial score (nSPS) is 11.0. The fourth-order valence-electron chi connectivity index (χ4n) is 2.61. The minimum absolute atomic E-state index is 0.261. The second kappa shape index (κ2) is 9.45. The number of nitrogens with one attached hydrogen (secondary N) is 2. The lowest BCUT2D eigenvalue weighted by molar-refractivity contribution is 0.0952. The number of fused-ring (bicyclic) bond motifs is 1. The first-order valence-corrected chi connectivity index (χ1v) is 10.8. The van der Waals surface area contributed by atoms with E-state index in [1.54, 1.807) is 29.1 Å². The van der Waals surface area contributed by atoms with E-state index in [-0.39, 0.29) is 5.91 Å². The van der Waals surface area contributed by atoms with Crippen LogP contribution < -0.4 is 10.6 Å². The van der Waals surface area contributed by atoms with Crippen LogP contribution in [-0.2, 0) is 6.54 Å². The van der Waals surface area contributed by atoms with Crippen LogP contribution in [-0.4, -0.2) is 45.0 Å². The van der Waals surface area contributed by atoms with Gasteiger partial charge in [-0.1, -0.05) is 41.9 Å². The molecule has 3 aromatic rings. The van der Waals surface area contributed by atoms with Crippen molar-refractivity contribution < 1.29 is 4.79 Å². The number of carbonyl (C=O) groups excluding carboxylic acids is 1. The van der Waals surface area contributed by atoms with Gasteiger partial charge in [0.05, 0.1) is 28.7 Å². The molecule has 0 bridgehead atoms. The van der Waals surface area contributed by atoms with Crippen LogP contribution >= 0.6 is 35.0 Å². The third-order valence-electron chi connectivity index (χ3n) is 3.99. The standard InChI is InChI=1S/C18H20Cl2N6OS/c1-3-6-21-15-13-10-23-26(16(13)25-18(24-15)28-2)8-7-22-17(27)12-5-4-11(19)9-14(12)20/h4-5,9-10H,3,6-8H2,1-2H3,(H,22,27)(H,21,24,25). The molecule has 0 radical (unpaired) electrons. The van der Waals surface area contributed by atoms with E-state index in [2.05, 4.69) is 32.6 Å². The van der Waals surface area contributed by atoms with Gasteiger partial charge in [-0.25, -0.2) is 14.6 Å². The van der Waals surface area contributed by atoms with E-state index < -0.39 is 0 Å². The highest BCUT2D eigenvalue weighted by Gasteiger charge is 2.14. The molecule has 0 saturated heterocycles. The van der Waals surface area contributed by atoms with E-state index in [0.29, 0.717) is 33.9 Å². The molecule has 7 nitrogen and oxygen atoms in total. The van der Waals surface area contributed by atoms with E-state index in [1.807, 2.05) is 6.26 Å².